The molecule has 1 heterocycles. The van der Waals surface area contributed by atoms with Crippen LogP contribution in [0.25, 0.3) is 11.0 Å². The van der Waals surface area contributed by atoms with Crippen molar-refractivity contribution in [1.82, 2.24) is 5.32 Å². The lowest BCUT2D eigenvalue weighted by Crippen LogP contribution is -2.25. The molecular formula is C20H19NO3. The Kier molecular flexibility index (Phi) is 4.87. The minimum absolute atomic E-state index is 0.104. The summed E-state index contributed by atoms with van der Waals surface area (Å²) < 4.78 is 5.26. The zero-order valence-corrected chi connectivity index (χ0v) is 13.5. The average Bonchev–Trinajstić information content (AvgIpc) is 2.61. The largest absolute Gasteiger partial charge is 0.422 e. The number of hydrogen-bond donors (Lipinski definition) is 1. The molecule has 0 radical (unpaired) electrons. The molecule has 122 valence electrons. The maximum absolute atomic E-state index is 12.7. The molecule has 0 saturated heterocycles. The Balaban J connectivity index is 1.90. The smallest absolute Gasteiger partial charge is 0.347 e. The molecule has 0 aliphatic heterocycles. The Morgan fingerprint density at radius 1 is 1.08 bits per heavy atom. The molecule has 2 aromatic carbocycles. The van der Waals surface area contributed by atoms with E-state index in [9.17, 15) is 9.59 Å². The van der Waals surface area contributed by atoms with Gasteiger partial charge in [-0.1, -0.05) is 55.5 Å². The molecule has 1 N–H and O–H groups in total. The van der Waals surface area contributed by atoms with Gasteiger partial charge in [0.1, 0.15) is 11.1 Å². The van der Waals surface area contributed by atoms with Crippen LogP contribution in [0.2, 0.25) is 0 Å². The van der Waals surface area contributed by atoms with E-state index in [0.717, 1.165) is 17.5 Å². The molecule has 1 atom stereocenters. The van der Waals surface area contributed by atoms with Gasteiger partial charge in [0, 0.05) is 17.8 Å². The van der Waals surface area contributed by atoms with Crippen molar-refractivity contribution in [3.63, 3.8) is 0 Å². The number of carbonyl (C=O) groups is 1. The van der Waals surface area contributed by atoms with E-state index in [0.29, 0.717) is 5.58 Å². The highest BCUT2D eigenvalue weighted by Gasteiger charge is 2.19. The lowest BCUT2D eigenvalue weighted by molar-refractivity contribution is 0.0965. The summed E-state index contributed by atoms with van der Waals surface area (Å²) in [5.41, 5.74) is 1.04. The Morgan fingerprint density at radius 3 is 2.54 bits per heavy atom. The molecule has 0 aliphatic rings. The second-order valence-electron chi connectivity index (χ2n) is 5.63. The summed E-state index contributed by atoms with van der Waals surface area (Å²) in [4.78, 5) is 24.8. The molecule has 3 rings (SSSR count). The second kappa shape index (κ2) is 7.23. The highest BCUT2D eigenvalue weighted by Crippen LogP contribution is 2.20. The zero-order chi connectivity index (χ0) is 16.9. The number of rotatable bonds is 6. The number of ketones is 1. The number of nitrogens with one attached hydrogen (secondary N) is 1. The summed E-state index contributed by atoms with van der Waals surface area (Å²) in [7, 11) is 0. The number of fused-ring (bicyclic) bond motifs is 1. The molecule has 4 heteroatoms. The predicted octanol–water partition coefficient (Wildman–Crippen LogP) is 3.72. The van der Waals surface area contributed by atoms with Gasteiger partial charge < -0.3 is 9.73 Å². The standard InChI is InChI=1S/C20H19NO3/c1-2-21-17(14-8-4-3-5-9-14)13-18(22)16-12-15-10-6-7-11-19(15)24-20(16)23/h3-12,17,21H,2,13H2,1H3. The highest BCUT2D eigenvalue weighted by atomic mass is 16.4. The summed E-state index contributed by atoms with van der Waals surface area (Å²) in [6, 6.07) is 18.4. The second-order valence-corrected chi connectivity index (χ2v) is 5.63. The molecule has 4 nitrogen and oxygen atoms in total. The van der Waals surface area contributed by atoms with E-state index in [4.69, 9.17) is 4.42 Å². The Hall–Kier alpha value is -2.72. The molecule has 0 saturated carbocycles. The first kappa shape index (κ1) is 16.1. The van der Waals surface area contributed by atoms with Crippen molar-refractivity contribution < 1.29 is 9.21 Å². The maximum Gasteiger partial charge on any atom is 0.347 e. The van der Waals surface area contributed by atoms with Gasteiger partial charge in [0.2, 0.25) is 0 Å². The van der Waals surface area contributed by atoms with Gasteiger partial charge in [-0.15, -0.1) is 0 Å². The lowest BCUT2D eigenvalue weighted by atomic mass is 9.98. The first-order valence-corrected chi connectivity index (χ1v) is 8.03. The van der Waals surface area contributed by atoms with E-state index in [2.05, 4.69) is 5.32 Å². The summed E-state index contributed by atoms with van der Waals surface area (Å²) in [6.07, 6.45) is 0.209. The number of hydrogen-bond acceptors (Lipinski definition) is 4. The van der Waals surface area contributed by atoms with Crippen molar-refractivity contribution >= 4 is 16.8 Å². The van der Waals surface area contributed by atoms with E-state index in [1.807, 2.05) is 49.4 Å². The fourth-order valence-corrected chi connectivity index (χ4v) is 2.79. The van der Waals surface area contributed by atoms with E-state index < -0.39 is 5.63 Å². The molecule has 3 aromatic rings. The van der Waals surface area contributed by atoms with Crippen LogP contribution in [-0.2, 0) is 0 Å². The molecule has 0 bridgehead atoms. The lowest BCUT2D eigenvalue weighted by Gasteiger charge is -2.17. The Bertz CT molecular complexity index is 899. The third-order valence-electron chi connectivity index (χ3n) is 3.98. The molecule has 1 aromatic heterocycles. The number of carbonyl (C=O) groups excluding carboxylic acids is 1. The van der Waals surface area contributed by atoms with Crippen LogP contribution in [0.5, 0.6) is 0 Å². The highest BCUT2D eigenvalue weighted by molar-refractivity contribution is 5.98. The monoisotopic (exact) mass is 321 g/mol. The third-order valence-corrected chi connectivity index (χ3v) is 3.98. The van der Waals surface area contributed by atoms with Crippen LogP contribution >= 0.6 is 0 Å². The quantitative estimate of drug-likeness (QED) is 0.555. The van der Waals surface area contributed by atoms with Crippen molar-refractivity contribution in [2.75, 3.05) is 6.54 Å². The minimum Gasteiger partial charge on any atom is -0.422 e. The third kappa shape index (κ3) is 3.44. The predicted molar refractivity (Wildman–Crippen MR) is 94.3 cm³/mol. The number of benzene rings is 2. The van der Waals surface area contributed by atoms with Crippen LogP contribution in [0.3, 0.4) is 0 Å². The minimum atomic E-state index is -0.581. The van der Waals surface area contributed by atoms with Crippen molar-refractivity contribution in [2.24, 2.45) is 0 Å². The summed E-state index contributed by atoms with van der Waals surface area (Å²) in [6.45, 7) is 2.73. The number of Topliss-reactive ketones (excluding diaryl/α,β-unsaturated/α-hetero) is 1. The fourth-order valence-electron chi connectivity index (χ4n) is 2.79. The molecule has 0 aliphatic carbocycles. The molecular weight excluding hydrogens is 302 g/mol. The van der Waals surface area contributed by atoms with Gasteiger partial charge in [-0.2, -0.15) is 0 Å². The SMILES string of the molecule is CCNC(CC(=O)c1cc2ccccc2oc1=O)c1ccccc1. The van der Waals surface area contributed by atoms with Crippen LogP contribution in [-0.4, -0.2) is 12.3 Å². The van der Waals surface area contributed by atoms with Crippen LogP contribution in [0.1, 0.15) is 35.3 Å². The average molecular weight is 321 g/mol. The Morgan fingerprint density at radius 2 is 1.79 bits per heavy atom. The van der Waals surface area contributed by atoms with Crippen molar-refractivity contribution in [3.8, 4) is 0 Å². The fraction of sp³-hybridized carbons (Fsp3) is 0.200. The van der Waals surface area contributed by atoms with Gasteiger partial charge in [-0.05, 0) is 24.2 Å². The van der Waals surface area contributed by atoms with Gasteiger partial charge in [-0.3, -0.25) is 4.79 Å². The van der Waals surface area contributed by atoms with Gasteiger partial charge in [-0.25, -0.2) is 4.79 Å². The van der Waals surface area contributed by atoms with E-state index >= 15 is 0 Å². The molecule has 1 unspecified atom stereocenters. The summed E-state index contributed by atoms with van der Waals surface area (Å²) in [5.74, 6) is -0.218. The molecule has 0 spiro atoms. The van der Waals surface area contributed by atoms with E-state index in [-0.39, 0.29) is 23.8 Å². The molecule has 0 fully saturated rings. The van der Waals surface area contributed by atoms with E-state index in [1.54, 1.807) is 18.2 Å². The van der Waals surface area contributed by atoms with Crippen LogP contribution in [0.4, 0.5) is 0 Å². The van der Waals surface area contributed by atoms with Gasteiger partial charge >= 0.3 is 5.63 Å². The van der Waals surface area contributed by atoms with Crippen molar-refractivity contribution in [3.05, 3.63) is 82.2 Å². The van der Waals surface area contributed by atoms with Gasteiger partial charge in [0.25, 0.3) is 0 Å². The van der Waals surface area contributed by atoms with Gasteiger partial charge in [0.15, 0.2) is 5.78 Å². The normalized spacial score (nSPS) is 12.2. The summed E-state index contributed by atoms with van der Waals surface area (Å²) in [5, 5.41) is 4.05. The van der Waals surface area contributed by atoms with Crippen LogP contribution in [0.15, 0.2) is 69.9 Å². The Labute approximate surface area is 140 Å². The number of para-hydroxylation sites is 1. The zero-order valence-electron chi connectivity index (χ0n) is 13.5. The molecule has 24 heavy (non-hydrogen) atoms. The topological polar surface area (TPSA) is 59.3 Å². The van der Waals surface area contributed by atoms with Crippen LogP contribution in [0, 0.1) is 0 Å². The van der Waals surface area contributed by atoms with Gasteiger partial charge in [0.05, 0.1) is 0 Å². The maximum atomic E-state index is 12.7. The summed E-state index contributed by atoms with van der Waals surface area (Å²) >= 11 is 0. The molecule has 0 amide bonds. The van der Waals surface area contributed by atoms with Crippen LogP contribution < -0.4 is 10.9 Å². The first-order chi connectivity index (χ1) is 11.7. The van der Waals surface area contributed by atoms with Crippen molar-refractivity contribution in [1.29, 1.82) is 0 Å². The first-order valence-electron chi connectivity index (χ1n) is 8.03. The van der Waals surface area contributed by atoms with E-state index in [1.165, 1.54) is 0 Å². The van der Waals surface area contributed by atoms with Crippen molar-refractivity contribution in [2.45, 2.75) is 19.4 Å².